The van der Waals surface area contributed by atoms with E-state index < -0.39 is 0 Å². The van der Waals surface area contributed by atoms with E-state index in [2.05, 4.69) is 15.6 Å². The molecule has 6 nitrogen and oxygen atoms in total. The first-order valence-corrected chi connectivity index (χ1v) is 6.69. The molecule has 1 aromatic carbocycles. The number of carbonyl (C=O) groups is 1. The summed E-state index contributed by atoms with van der Waals surface area (Å²) in [6, 6.07) is 6.93. The number of benzene rings is 1. The van der Waals surface area contributed by atoms with Gasteiger partial charge in [-0.3, -0.25) is 4.79 Å². The highest BCUT2D eigenvalue weighted by Crippen LogP contribution is 2.13. The van der Waals surface area contributed by atoms with Gasteiger partial charge in [0.1, 0.15) is 6.54 Å². The number of nitrogens with two attached hydrogens (primary N) is 1. The fourth-order valence-electron chi connectivity index (χ4n) is 1.69. The van der Waals surface area contributed by atoms with E-state index in [0.717, 1.165) is 18.5 Å². The first kappa shape index (κ1) is 14.5. The lowest BCUT2D eigenvalue weighted by molar-refractivity contribution is -0.116. The monoisotopic (exact) mass is 293 g/mol. The second-order valence-corrected chi connectivity index (χ2v) is 4.79. The minimum absolute atomic E-state index is 0.123. The molecule has 2 aromatic rings. The van der Waals surface area contributed by atoms with Crippen molar-refractivity contribution in [3.8, 4) is 0 Å². The van der Waals surface area contributed by atoms with Crippen LogP contribution >= 0.6 is 11.6 Å². The second kappa shape index (κ2) is 7.02. The third-order valence-electron chi connectivity index (χ3n) is 2.66. The molecule has 0 saturated carbocycles. The van der Waals surface area contributed by atoms with Crippen LogP contribution in [0.5, 0.6) is 0 Å². The molecular weight excluding hydrogens is 278 g/mol. The topological polar surface area (TPSA) is 85.8 Å². The van der Waals surface area contributed by atoms with E-state index in [9.17, 15) is 4.79 Å². The van der Waals surface area contributed by atoms with Gasteiger partial charge >= 0.3 is 0 Å². The minimum Gasteiger partial charge on any atom is -0.330 e. The molecule has 0 aliphatic carbocycles. The smallest absolute Gasteiger partial charge is 0.246 e. The molecule has 0 atom stereocenters. The van der Waals surface area contributed by atoms with Gasteiger partial charge in [0.15, 0.2) is 0 Å². The molecule has 7 heteroatoms. The molecule has 3 N–H and O–H groups in total. The van der Waals surface area contributed by atoms with Gasteiger partial charge in [-0.15, -0.1) is 5.10 Å². The van der Waals surface area contributed by atoms with Crippen molar-refractivity contribution in [1.29, 1.82) is 0 Å². The number of anilines is 1. The predicted molar refractivity (Wildman–Crippen MR) is 77.5 cm³/mol. The minimum atomic E-state index is -0.164. The number of nitrogens with one attached hydrogen (secondary N) is 1. The van der Waals surface area contributed by atoms with Gasteiger partial charge in [0.2, 0.25) is 5.91 Å². The number of hydrogen-bond acceptors (Lipinski definition) is 4. The Bertz CT molecular complexity index is 566. The van der Waals surface area contributed by atoms with Crippen molar-refractivity contribution in [2.45, 2.75) is 19.4 Å². The van der Waals surface area contributed by atoms with Gasteiger partial charge in [0.25, 0.3) is 0 Å². The summed E-state index contributed by atoms with van der Waals surface area (Å²) < 4.78 is 1.51. The van der Waals surface area contributed by atoms with E-state index in [-0.39, 0.29) is 12.5 Å². The lowest BCUT2D eigenvalue weighted by Crippen LogP contribution is -2.19. The van der Waals surface area contributed by atoms with Gasteiger partial charge < -0.3 is 11.1 Å². The van der Waals surface area contributed by atoms with E-state index in [1.807, 2.05) is 0 Å². The highest BCUT2D eigenvalue weighted by atomic mass is 35.5. The molecule has 0 unspecified atom stereocenters. The molecule has 0 spiro atoms. The summed E-state index contributed by atoms with van der Waals surface area (Å²) in [5.41, 5.74) is 6.97. The molecule has 0 radical (unpaired) electrons. The van der Waals surface area contributed by atoms with E-state index in [1.54, 1.807) is 30.5 Å². The maximum atomic E-state index is 11.8. The van der Waals surface area contributed by atoms with Crippen LogP contribution < -0.4 is 11.1 Å². The maximum Gasteiger partial charge on any atom is 0.246 e. The summed E-state index contributed by atoms with van der Waals surface area (Å²) in [5, 5.41) is 11.3. The van der Waals surface area contributed by atoms with Gasteiger partial charge in [0.05, 0.1) is 5.69 Å². The van der Waals surface area contributed by atoms with E-state index in [0.29, 0.717) is 17.3 Å². The largest absolute Gasteiger partial charge is 0.330 e. The third kappa shape index (κ3) is 4.32. The van der Waals surface area contributed by atoms with Crippen molar-refractivity contribution in [3.63, 3.8) is 0 Å². The summed E-state index contributed by atoms with van der Waals surface area (Å²) in [6.45, 7) is 0.738. The van der Waals surface area contributed by atoms with E-state index in [4.69, 9.17) is 17.3 Å². The Balaban J connectivity index is 1.87. The number of carbonyl (C=O) groups excluding carboxylic acids is 1. The zero-order chi connectivity index (χ0) is 14.4. The number of halogens is 1. The molecular formula is C13H16ClN5O. The normalized spacial score (nSPS) is 10.5. The van der Waals surface area contributed by atoms with Crippen LogP contribution in [0.2, 0.25) is 5.02 Å². The van der Waals surface area contributed by atoms with Gasteiger partial charge in [-0.2, -0.15) is 0 Å². The summed E-state index contributed by atoms with van der Waals surface area (Å²) in [4.78, 5) is 11.8. The number of nitrogens with zero attached hydrogens (tertiary/aromatic N) is 3. The highest BCUT2D eigenvalue weighted by molar-refractivity contribution is 6.30. The fraction of sp³-hybridized carbons (Fsp3) is 0.308. The number of aryl methyl sites for hydroxylation is 1. The zero-order valence-electron chi connectivity index (χ0n) is 10.9. The predicted octanol–water partition coefficient (Wildman–Crippen LogP) is 1.46. The number of rotatable bonds is 6. The Labute approximate surface area is 121 Å². The molecule has 0 fully saturated rings. The number of amides is 1. The average Bonchev–Trinajstić information content (AvgIpc) is 2.86. The van der Waals surface area contributed by atoms with Gasteiger partial charge in [-0.1, -0.05) is 16.8 Å². The highest BCUT2D eigenvalue weighted by Gasteiger charge is 2.06. The van der Waals surface area contributed by atoms with Crippen LogP contribution in [-0.4, -0.2) is 27.4 Å². The van der Waals surface area contributed by atoms with Crippen molar-refractivity contribution in [3.05, 3.63) is 41.2 Å². The quantitative estimate of drug-likeness (QED) is 0.844. The fourth-order valence-corrected chi connectivity index (χ4v) is 1.82. The van der Waals surface area contributed by atoms with Crippen LogP contribution in [0.4, 0.5) is 5.69 Å². The van der Waals surface area contributed by atoms with Crippen LogP contribution in [0.25, 0.3) is 0 Å². The van der Waals surface area contributed by atoms with Crippen molar-refractivity contribution in [1.82, 2.24) is 15.0 Å². The van der Waals surface area contributed by atoms with Crippen molar-refractivity contribution >= 4 is 23.2 Å². The van der Waals surface area contributed by atoms with E-state index in [1.165, 1.54) is 4.68 Å². The first-order valence-electron chi connectivity index (χ1n) is 6.32. The van der Waals surface area contributed by atoms with Crippen molar-refractivity contribution in [2.24, 2.45) is 5.73 Å². The Kier molecular flexibility index (Phi) is 5.09. The van der Waals surface area contributed by atoms with Crippen molar-refractivity contribution < 1.29 is 4.79 Å². The number of hydrogen-bond donors (Lipinski definition) is 2. The van der Waals surface area contributed by atoms with Gasteiger partial charge in [-0.05, 0) is 43.7 Å². The summed E-state index contributed by atoms with van der Waals surface area (Å²) >= 11 is 5.78. The summed E-state index contributed by atoms with van der Waals surface area (Å²) in [5.74, 6) is -0.164. The van der Waals surface area contributed by atoms with Crippen LogP contribution in [0.1, 0.15) is 12.1 Å². The summed E-state index contributed by atoms with van der Waals surface area (Å²) in [6.07, 6.45) is 3.39. The lowest BCUT2D eigenvalue weighted by Gasteiger charge is -2.04. The van der Waals surface area contributed by atoms with Gasteiger partial charge in [0, 0.05) is 16.9 Å². The molecule has 2 rings (SSSR count). The molecule has 1 amide bonds. The first-order chi connectivity index (χ1) is 9.67. The zero-order valence-corrected chi connectivity index (χ0v) is 11.7. The number of aromatic nitrogens is 3. The third-order valence-corrected chi connectivity index (χ3v) is 2.91. The second-order valence-electron chi connectivity index (χ2n) is 4.35. The maximum absolute atomic E-state index is 11.8. The molecule has 0 bridgehead atoms. The van der Waals surface area contributed by atoms with E-state index >= 15 is 0 Å². The average molecular weight is 294 g/mol. The van der Waals surface area contributed by atoms with Crippen LogP contribution in [0, 0.1) is 0 Å². The van der Waals surface area contributed by atoms with Crippen LogP contribution in [-0.2, 0) is 17.8 Å². The Hall–Kier alpha value is -1.92. The molecule has 1 aromatic heterocycles. The molecule has 0 saturated heterocycles. The molecule has 1 heterocycles. The van der Waals surface area contributed by atoms with Crippen LogP contribution in [0.15, 0.2) is 30.5 Å². The van der Waals surface area contributed by atoms with Crippen molar-refractivity contribution in [2.75, 3.05) is 11.9 Å². The molecule has 0 aliphatic heterocycles. The Morgan fingerprint density at radius 3 is 2.80 bits per heavy atom. The SMILES string of the molecule is NCCCc1cn(CC(=O)Nc2ccc(Cl)cc2)nn1. The Morgan fingerprint density at radius 1 is 1.35 bits per heavy atom. The molecule has 106 valence electrons. The summed E-state index contributed by atoms with van der Waals surface area (Å²) in [7, 11) is 0. The van der Waals surface area contributed by atoms with Crippen LogP contribution in [0.3, 0.4) is 0 Å². The Morgan fingerprint density at radius 2 is 2.10 bits per heavy atom. The van der Waals surface area contributed by atoms with Gasteiger partial charge in [-0.25, -0.2) is 4.68 Å². The standard InChI is InChI=1S/C13H16ClN5O/c14-10-3-5-11(6-4-10)16-13(20)9-19-8-12(17-18-19)2-1-7-15/h3-6,8H,1-2,7,9,15H2,(H,16,20). The molecule has 0 aliphatic rings. The lowest BCUT2D eigenvalue weighted by atomic mass is 10.2. The molecule has 20 heavy (non-hydrogen) atoms.